The molecule has 0 bridgehead atoms. The average molecular weight is 496 g/mol. The van der Waals surface area contributed by atoms with Crippen molar-refractivity contribution in [1.82, 2.24) is 0 Å². The Morgan fingerprint density at radius 2 is 1.63 bits per heavy atom. The second-order valence-corrected chi connectivity index (χ2v) is 8.50. The van der Waals surface area contributed by atoms with Gasteiger partial charge in [-0.3, -0.25) is 4.79 Å². The smallest absolute Gasteiger partial charge is 0.416 e. The Morgan fingerprint density at radius 1 is 1.03 bits per heavy atom. The highest BCUT2D eigenvalue weighted by Gasteiger charge is 2.31. The van der Waals surface area contributed by atoms with Crippen LogP contribution in [-0.4, -0.2) is 36.3 Å². The quantitative estimate of drug-likeness (QED) is 0.184. The Labute approximate surface area is 203 Å². The van der Waals surface area contributed by atoms with Crippen LogP contribution < -0.4 is 0 Å². The van der Waals surface area contributed by atoms with Gasteiger partial charge in [0.2, 0.25) is 5.78 Å². The van der Waals surface area contributed by atoms with Crippen molar-refractivity contribution in [3.05, 3.63) is 52.3 Å². The van der Waals surface area contributed by atoms with E-state index in [1.54, 1.807) is 6.92 Å². The van der Waals surface area contributed by atoms with Crippen molar-refractivity contribution in [1.29, 1.82) is 5.41 Å². The fourth-order valence-corrected chi connectivity index (χ4v) is 3.83. The lowest BCUT2D eigenvalue weighted by atomic mass is 9.90. The largest absolute Gasteiger partial charge is 0.507 e. The minimum Gasteiger partial charge on any atom is -0.507 e. The summed E-state index contributed by atoms with van der Waals surface area (Å²) < 4.78 is 48.0. The van der Waals surface area contributed by atoms with Crippen LogP contribution in [0.25, 0.3) is 0 Å². The summed E-state index contributed by atoms with van der Waals surface area (Å²) in [7, 11) is 1.43. The number of esters is 1. The number of halogens is 3. The summed E-state index contributed by atoms with van der Waals surface area (Å²) in [6.07, 6.45) is 4.89. The monoisotopic (exact) mass is 495 g/mol. The second kappa shape index (κ2) is 13.1. The van der Waals surface area contributed by atoms with Gasteiger partial charge in [0.15, 0.2) is 5.76 Å². The van der Waals surface area contributed by atoms with E-state index in [2.05, 4.69) is 0 Å². The highest BCUT2D eigenvalue weighted by atomic mass is 19.4. The lowest BCUT2D eigenvalue weighted by Crippen LogP contribution is -2.18. The van der Waals surface area contributed by atoms with Crippen LogP contribution >= 0.6 is 0 Å². The van der Waals surface area contributed by atoms with E-state index >= 15 is 0 Å². The lowest BCUT2D eigenvalue weighted by Gasteiger charge is -2.17. The number of rotatable bonds is 13. The number of aromatic hydroxyl groups is 1. The number of benzene rings is 1. The predicted octanol–water partition coefficient (Wildman–Crippen LogP) is 6.53. The van der Waals surface area contributed by atoms with E-state index in [9.17, 15) is 27.9 Å². The van der Waals surface area contributed by atoms with E-state index < -0.39 is 23.5 Å². The van der Waals surface area contributed by atoms with Crippen LogP contribution in [0.15, 0.2) is 41.2 Å². The Balaban J connectivity index is 1.55. The third-order valence-corrected chi connectivity index (χ3v) is 5.95. The van der Waals surface area contributed by atoms with Crippen LogP contribution in [0.4, 0.5) is 13.2 Å². The Bertz CT molecular complexity index is 995. The second-order valence-electron chi connectivity index (χ2n) is 8.50. The zero-order valence-electron chi connectivity index (χ0n) is 20.1. The van der Waals surface area contributed by atoms with E-state index in [4.69, 9.17) is 14.9 Å². The van der Waals surface area contributed by atoms with Crippen molar-refractivity contribution in [3.63, 3.8) is 0 Å². The van der Waals surface area contributed by atoms with E-state index in [0.29, 0.717) is 35.8 Å². The van der Waals surface area contributed by atoms with Crippen molar-refractivity contribution >= 4 is 17.5 Å². The number of Topliss-reactive ketones (excluding diaryl/α,β-unsaturated/α-hetero) is 1. The standard InChI is InChI=1S/C26H32F3NO5/c1-17-19(24(32)23(34-2)16-21(17)30)11-9-7-5-3-4-6-8-10-14-35-25(33)20-13-12-18(15-22(20)31)26(27,28)29/h12-13,15-16,30-31H,3-11,14H2,1-2H3. The molecule has 2 N–H and O–H groups in total. The molecule has 1 aromatic carbocycles. The number of nitrogens with one attached hydrogen (secondary N) is 1. The number of ether oxygens (including phenoxy) is 2. The minimum atomic E-state index is -4.60. The number of hydrogen-bond acceptors (Lipinski definition) is 6. The number of carbonyl (C=O) groups excluding carboxylic acids is 2. The van der Waals surface area contributed by atoms with Crippen LogP contribution in [0.2, 0.25) is 0 Å². The zero-order chi connectivity index (χ0) is 26.0. The molecule has 0 atom stereocenters. The average Bonchev–Trinajstić information content (AvgIpc) is 2.80. The third kappa shape index (κ3) is 8.26. The molecule has 0 aromatic heterocycles. The predicted molar refractivity (Wildman–Crippen MR) is 125 cm³/mol. The summed E-state index contributed by atoms with van der Waals surface area (Å²) in [4.78, 5) is 24.3. The molecule has 0 spiro atoms. The first-order chi connectivity index (χ1) is 16.6. The normalized spacial score (nSPS) is 14.3. The maximum Gasteiger partial charge on any atom is 0.416 e. The first kappa shape index (κ1) is 28.1. The van der Waals surface area contributed by atoms with E-state index in [-0.39, 0.29) is 23.7 Å². The lowest BCUT2D eigenvalue weighted by molar-refractivity contribution is -0.137. The fourth-order valence-electron chi connectivity index (χ4n) is 3.83. The van der Waals surface area contributed by atoms with Gasteiger partial charge < -0.3 is 20.0 Å². The van der Waals surface area contributed by atoms with Gasteiger partial charge in [0.1, 0.15) is 11.3 Å². The number of phenolic OH excluding ortho intramolecular Hbond substituents is 1. The minimum absolute atomic E-state index is 0.129. The maximum absolute atomic E-state index is 12.6. The molecule has 0 unspecified atom stereocenters. The van der Waals surface area contributed by atoms with Crippen LogP contribution in [0, 0.1) is 5.41 Å². The van der Waals surface area contributed by atoms with Crippen molar-refractivity contribution in [3.8, 4) is 5.75 Å². The van der Waals surface area contributed by atoms with Gasteiger partial charge in [-0.05, 0) is 50.0 Å². The van der Waals surface area contributed by atoms with Crippen LogP contribution in [0.5, 0.6) is 5.75 Å². The number of carbonyl (C=O) groups is 2. The Hall–Kier alpha value is -3.10. The molecular weight excluding hydrogens is 463 g/mol. The maximum atomic E-state index is 12.6. The topological polar surface area (TPSA) is 96.7 Å². The van der Waals surface area contributed by atoms with Crippen LogP contribution in [0.3, 0.4) is 0 Å². The summed E-state index contributed by atoms with van der Waals surface area (Å²) in [6, 6.07) is 2.17. The number of allylic oxidation sites excluding steroid dienone is 3. The number of methoxy groups -OCH3 is 1. The molecule has 0 saturated carbocycles. The van der Waals surface area contributed by atoms with Gasteiger partial charge in [-0.15, -0.1) is 0 Å². The summed E-state index contributed by atoms with van der Waals surface area (Å²) in [5, 5.41) is 17.6. The molecular formula is C26H32F3NO5. The molecule has 1 aliphatic carbocycles. The van der Waals surface area contributed by atoms with Gasteiger partial charge in [-0.2, -0.15) is 13.2 Å². The molecule has 0 radical (unpaired) electrons. The summed E-state index contributed by atoms with van der Waals surface area (Å²) in [6.45, 7) is 1.93. The molecule has 1 aromatic rings. The van der Waals surface area contributed by atoms with Crippen LogP contribution in [-0.2, 0) is 20.4 Å². The molecule has 6 nitrogen and oxygen atoms in total. The van der Waals surface area contributed by atoms with E-state index in [0.717, 1.165) is 57.1 Å². The fraction of sp³-hybridized carbons (Fsp3) is 0.500. The molecule has 2 rings (SSSR count). The van der Waals surface area contributed by atoms with E-state index in [1.165, 1.54) is 13.2 Å². The number of unbranched alkanes of at least 4 members (excludes halogenated alkanes) is 7. The molecule has 9 heteroatoms. The molecule has 192 valence electrons. The Morgan fingerprint density at radius 3 is 2.20 bits per heavy atom. The number of alkyl halides is 3. The van der Waals surface area contributed by atoms with Gasteiger partial charge in [-0.25, -0.2) is 4.79 Å². The van der Waals surface area contributed by atoms with Crippen molar-refractivity contribution < 1.29 is 37.3 Å². The van der Waals surface area contributed by atoms with Gasteiger partial charge in [0.05, 0.1) is 25.0 Å². The highest BCUT2D eigenvalue weighted by molar-refractivity contribution is 6.22. The Kier molecular flexibility index (Phi) is 10.5. The molecule has 0 heterocycles. The number of hydrogen-bond donors (Lipinski definition) is 2. The molecule has 0 saturated heterocycles. The van der Waals surface area contributed by atoms with Gasteiger partial charge >= 0.3 is 12.1 Å². The van der Waals surface area contributed by atoms with Gasteiger partial charge in [0, 0.05) is 11.6 Å². The molecule has 0 amide bonds. The molecule has 35 heavy (non-hydrogen) atoms. The SMILES string of the molecule is COC1=CC(=N)C(C)=C(CCCCCCCCCCOC(=O)c2ccc(C(F)(F)F)cc2O)C1=O. The summed E-state index contributed by atoms with van der Waals surface area (Å²) in [5.41, 5.74) is 0.376. The number of phenols is 1. The number of ketones is 1. The van der Waals surface area contributed by atoms with E-state index in [1.807, 2.05) is 0 Å². The molecule has 0 aliphatic heterocycles. The molecule has 0 fully saturated rings. The highest BCUT2D eigenvalue weighted by Crippen LogP contribution is 2.33. The first-order valence-electron chi connectivity index (χ1n) is 11.7. The van der Waals surface area contributed by atoms with Gasteiger partial charge in [0.25, 0.3) is 0 Å². The first-order valence-corrected chi connectivity index (χ1v) is 11.7. The third-order valence-electron chi connectivity index (χ3n) is 5.95. The van der Waals surface area contributed by atoms with Crippen molar-refractivity contribution in [2.45, 2.75) is 70.9 Å². The summed E-state index contributed by atoms with van der Waals surface area (Å²) in [5.74, 6) is -1.51. The zero-order valence-corrected chi connectivity index (χ0v) is 20.1. The van der Waals surface area contributed by atoms with Crippen molar-refractivity contribution in [2.75, 3.05) is 13.7 Å². The van der Waals surface area contributed by atoms with Crippen LogP contribution in [0.1, 0.15) is 80.6 Å². The van der Waals surface area contributed by atoms with Gasteiger partial charge in [-0.1, -0.05) is 38.5 Å². The molecule has 1 aliphatic rings. The summed E-state index contributed by atoms with van der Waals surface area (Å²) >= 11 is 0. The van der Waals surface area contributed by atoms with Crippen molar-refractivity contribution in [2.24, 2.45) is 0 Å².